The van der Waals surface area contributed by atoms with Crippen LogP contribution in [0.5, 0.6) is 0 Å². The summed E-state index contributed by atoms with van der Waals surface area (Å²) in [6.07, 6.45) is 0.682. The summed E-state index contributed by atoms with van der Waals surface area (Å²) in [4.78, 5) is 0. The van der Waals surface area contributed by atoms with Gasteiger partial charge in [-0.05, 0) is 57.0 Å². The van der Waals surface area contributed by atoms with E-state index >= 15 is 0 Å². The van der Waals surface area contributed by atoms with Crippen molar-refractivity contribution in [1.82, 2.24) is 5.32 Å². The largest absolute Gasteiger partial charge is 0.352 e. The van der Waals surface area contributed by atoms with Gasteiger partial charge in [-0.1, -0.05) is 6.07 Å². The van der Waals surface area contributed by atoms with Gasteiger partial charge >= 0.3 is 0 Å². The molecule has 0 aromatic heterocycles. The van der Waals surface area contributed by atoms with Gasteiger partial charge in [-0.3, -0.25) is 0 Å². The highest BCUT2D eigenvalue weighted by Gasteiger charge is 2.07. The van der Waals surface area contributed by atoms with Crippen LogP contribution in [0.1, 0.15) is 25.0 Å². The molecule has 0 fully saturated rings. The van der Waals surface area contributed by atoms with Crippen LogP contribution in [0.4, 0.5) is 4.39 Å². The molecule has 0 aliphatic rings. The van der Waals surface area contributed by atoms with Gasteiger partial charge < -0.3 is 14.8 Å². The van der Waals surface area contributed by atoms with Crippen molar-refractivity contribution in [2.75, 3.05) is 26.3 Å². The van der Waals surface area contributed by atoms with Crippen LogP contribution >= 0.6 is 0 Å². The van der Waals surface area contributed by atoms with E-state index in [9.17, 15) is 4.39 Å². The highest BCUT2D eigenvalue weighted by molar-refractivity contribution is 5.26. The van der Waals surface area contributed by atoms with Crippen molar-refractivity contribution in [3.63, 3.8) is 0 Å². The van der Waals surface area contributed by atoms with Crippen LogP contribution in [-0.4, -0.2) is 32.6 Å². The highest BCUT2D eigenvalue weighted by Crippen LogP contribution is 2.10. The van der Waals surface area contributed by atoms with E-state index in [0.717, 1.165) is 18.5 Å². The van der Waals surface area contributed by atoms with E-state index in [4.69, 9.17) is 9.47 Å². The molecule has 1 aromatic carbocycles. The molecule has 1 rings (SSSR count). The van der Waals surface area contributed by atoms with Crippen molar-refractivity contribution in [3.8, 4) is 0 Å². The van der Waals surface area contributed by atoms with Crippen LogP contribution in [0.15, 0.2) is 18.2 Å². The number of ether oxygens (including phenoxy) is 2. The third-order valence-corrected chi connectivity index (χ3v) is 2.89. The second-order valence-corrected chi connectivity index (χ2v) is 4.37. The lowest BCUT2D eigenvalue weighted by atomic mass is 10.1. The highest BCUT2D eigenvalue weighted by atomic mass is 19.1. The maximum absolute atomic E-state index is 13.0. The molecule has 0 amide bonds. The summed E-state index contributed by atoms with van der Waals surface area (Å²) in [7, 11) is 0. The Kier molecular flexibility index (Phi) is 7.63. The molecule has 1 N–H and O–H groups in total. The Morgan fingerprint density at radius 3 is 2.47 bits per heavy atom. The monoisotopic (exact) mass is 269 g/mol. The third kappa shape index (κ3) is 6.14. The van der Waals surface area contributed by atoms with Gasteiger partial charge in [0, 0.05) is 19.8 Å². The Hall–Kier alpha value is -0.970. The molecular weight excluding hydrogens is 245 g/mol. The fourth-order valence-corrected chi connectivity index (χ4v) is 1.92. The first-order valence-electron chi connectivity index (χ1n) is 6.86. The van der Waals surface area contributed by atoms with Crippen LogP contribution in [0.3, 0.4) is 0 Å². The Morgan fingerprint density at radius 1 is 1.21 bits per heavy atom. The second kappa shape index (κ2) is 9.02. The van der Waals surface area contributed by atoms with Crippen molar-refractivity contribution < 1.29 is 13.9 Å². The minimum atomic E-state index is -0.190. The summed E-state index contributed by atoms with van der Waals surface area (Å²) in [5, 5.41) is 3.30. The minimum absolute atomic E-state index is 0.179. The molecule has 3 nitrogen and oxygen atoms in total. The fourth-order valence-electron chi connectivity index (χ4n) is 1.92. The number of benzene rings is 1. The number of rotatable bonds is 9. The third-order valence-electron chi connectivity index (χ3n) is 2.89. The number of halogens is 1. The first-order chi connectivity index (χ1) is 9.17. The zero-order valence-corrected chi connectivity index (χ0v) is 12.0. The molecule has 19 heavy (non-hydrogen) atoms. The Morgan fingerprint density at radius 2 is 1.89 bits per heavy atom. The zero-order chi connectivity index (χ0) is 14.1. The summed E-state index contributed by atoms with van der Waals surface area (Å²) in [5.41, 5.74) is 2.16. The summed E-state index contributed by atoms with van der Waals surface area (Å²) < 4.78 is 23.8. The van der Waals surface area contributed by atoms with Crippen molar-refractivity contribution >= 4 is 0 Å². The predicted octanol–water partition coefficient (Wildman–Crippen LogP) is 2.67. The SMILES string of the molecule is CCOC(CNCCc1ccc(F)cc1C)OCC. The molecule has 1 aromatic rings. The van der Waals surface area contributed by atoms with Crippen LogP contribution < -0.4 is 5.32 Å². The van der Waals surface area contributed by atoms with Gasteiger partial charge in [-0.2, -0.15) is 0 Å². The number of aryl methyl sites for hydroxylation is 1. The van der Waals surface area contributed by atoms with Gasteiger partial charge in [0.15, 0.2) is 6.29 Å². The molecule has 4 heteroatoms. The topological polar surface area (TPSA) is 30.5 Å². The molecule has 0 heterocycles. The van der Waals surface area contributed by atoms with Crippen LogP contribution in [0, 0.1) is 12.7 Å². The maximum Gasteiger partial charge on any atom is 0.169 e. The average molecular weight is 269 g/mol. The van der Waals surface area contributed by atoms with E-state index < -0.39 is 0 Å². The molecule has 108 valence electrons. The van der Waals surface area contributed by atoms with E-state index in [-0.39, 0.29) is 12.1 Å². The standard InChI is InChI=1S/C15H24FNO2/c1-4-18-15(19-5-2)11-17-9-8-13-6-7-14(16)10-12(13)3/h6-7,10,15,17H,4-5,8-9,11H2,1-3H3. The molecule has 0 unspecified atom stereocenters. The number of hydrogen-bond donors (Lipinski definition) is 1. The Bertz CT molecular complexity index is 365. The van der Waals surface area contributed by atoms with E-state index in [1.165, 1.54) is 11.6 Å². The second-order valence-electron chi connectivity index (χ2n) is 4.37. The van der Waals surface area contributed by atoms with Crippen molar-refractivity contribution in [3.05, 3.63) is 35.1 Å². The van der Waals surface area contributed by atoms with Crippen LogP contribution in [0.25, 0.3) is 0 Å². The first kappa shape index (κ1) is 16.1. The van der Waals surface area contributed by atoms with Gasteiger partial charge in [0.05, 0.1) is 0 Å². The summed E-state index contributed by atoms with van der Waals surface area (Å²) in [6.45, 7) is 8.61. The lowest BCUT2D eigenvalue weighted by Crippen LogP contribution is -2.32. The molecule has 0 spiro atoms. The molecule has 0 atom stereocenters. The molecule has 0 aliphatic heterocycles. The summed E-state index contributed by atoms with van der Waals surface area (Å²) in [5.74, 6) is -0.179. The lowest BCUT2D eigenvalue weighted by Gasteiger charge is -2.17. The van der Waals surface area contributed by atoms with Gasteiger partial charge in [0.25, 0.3) is 0 Å². The van der Waals surface area contributed by atoms with Gasteiger partial charge in [-0.15, -0.1) is 0 Å². The Balaban J connectivity index is 2.29. The predicted molar refractivity (Wildman–Crippen MR) is 74.8 cm³/mol. The van der Waals surface area contributed by atoms with Gasteiger partial charge in [-0.25, -0.2) is 4.39 Å². The first-order valence-corrected chi connectivity index (χ1v) is 6.86. The number of nitrogens with one attached hydrogen (secondary N) is 1. The Labute approximate surface area is 115 Å². The van der Waals surface area contributed by atoms with E-state index in [2.05, 4.69) is 5.32 Å². The maximum atomic E-state index is 13.0. The van der Waals surface area contributed by atoms with Crippen molar-refractivity contribution in [1.29, 1.82) is 0 Å². The quantitative estimate of drug-likeness (QED) is 0.552. The lowest BCUT2D eigenvalue weighted by molar-refractivity contribution is -0.132. The molecular formula is C15H24FNO2. The molecule has 0 saturated heterocycles. The van der Waals surface area contributed by atoms with E-state index in [0.29, 0.717) is 19.8 Å². The summed E-state index contributed by atoms with van der Waals surface area (Å²) in [6, 6.07) is 4.92. The van der Waals surface area contributed by atoms with Crippen LogP contribution in [0.2, 0.25) is 0 Å². The number of hydrogen-bond acceptors (Lipinski definition) is 3. The molecule has 0 radical (unpaired) electrons. The van der Waals surface area contributed by atoms with Crippen molar-refractivity contribution in [2.45, 2.75) is 33.5 Å². The molecule has 0 bridgehead atoms. The van der Waals surface area contributed by atoms with Crippen LogP contribution in [-0.2, 0) is 15.9 Å². The summed E-state index contributed by atoms with van der Waals surface area (Å²) >= 11 is 0. The molecule has 0 aliphatic carbocycles. The van der Waals surface area contributed by atoms with E-state index in [1.807, 2.05) is 26.8 Å². The van der Waals surface area contributed by atoms with Crippen molar-refractivity contribution in [2.24, 2.45) is 0 Å². The normalized spacial score (nSPS) is 11.2. The smallest absolute Gasteiger partial charge is 0.169 e. The minimum Gasteiger partial charge on any atom is -0.352 e. The zero-order valence-electron chi connectivity index (χ0n) is 12.0. The van der Waals surface area contributed by atoms with Gasteiger partial charge in [0.1, 0.15) is 5.82 Å². The molecule has 0 saturated carbocycles. The fraction of sp³-hybridized carbons (Fsp3) is 0.600. The average Bonchev–Trinajstić information content (AvgIpc) is 2.37. The van der Waals surface area contributed by atoms with Gasteiger partial charge in [0.2, 0.25) is 0 Å². The van der Waals surface area contributed by atoms with E-state index in [1.54, 1.807) is 6.07 Å².